The van der Waals surface area contributed by atoms with E-state index < -0.39 is 0 Å². The van der Waals surface area contributed by atoms with Gasteiger partial charge in [-0.05, 0) is 38.0 Å². The maximum atomic E-state index is 9.55. The summed E-state index contributed by atoms with van der Waals surface area (Å²) in [4.78, 5) is 14.2. The van der Waals surface area contributed by atoms with Gasteiger partial charge in [0, 0.05) is 32.0 Å². The Labute approximate surface area is 142 Å². The largest absolute Gasteiger partial charge is 0.368 e. The van der Waals surface area contributed by atoms with E-state index in [1.54, 1.807) is 4.90 Å². The fraction of sp³-hybridized carbons (Fsp3) is 0.412. The molecule has 0 fully saturated rings. The molecule has 2 rings (SSSR count). The molecule has 0 spiro atoms. The fourth-order valence-electron chi connectivity index (χ4n) is 2.55. The Bertz CT molecular complexity index is 809. The minimum atomic E-state index is 0.0984. The molecule has 0 aliphatic carbocycles. The highest BCUT2D eigenvalue weighted by atomic mass is 15.3. The van der Waals surface area contributed by atoms with E-state index in [1.165, 1.54) is 5.69 Å². The molecule has 7 heteroatoms. The molecule has 0 bridgehead atoms. The lowest BCUT2D eigenvalue weighted by molar-refractivity contribution is 0.648. The second-order valence-corrected chi connectivity index (χ2v) is 5.86. The smallest absolute Gasteiger partial charge is 0.230 e. The van der Waals surface area contributed by atoms with Crippen LogP contribution in [0.2, 0.25) is 0 Å². The first kappa shape index (κ1) is 17.5. The summed E-state index contributed by atoms with van der Waals surface area (Å²) in [5.74, 6) is 0.811. The molecule has 0 radical (unpaired) electrons. The zero-order valence-corrected chi connectivity index (χ0v) is 14.8. The van der Waals surface area contributed by atoms with Crippen LogP contribution in [-0.2, 0) is 6.54 Å². The second kappa shape index (κ2) is 7.13. The molecule has 7 nitrogen and oxygen atoms in total. The summed E-state index contributed by atoms with van der Waals surface area (Å²) in [6.45, 7) is 7.22. The van der Waals surface area contributed by atoms with Crippen molar-refractivity contribution in [2.24, 2.45) is 0 Å². The van der Waals surface area contributed by atoms with Gasteiger partial charge in [0.15, 0.2) is 5.82 Å². The van der Waals surface area contributed by atoms with E-state index in [4.69, 9.17) is 5.73 Å². The Morgan fingerprint density at radius 3 is 2.62 bits per heavy atom. The molecule has 126 valence electrons. The lowest BCUT2D eigenvalue weighted by atomic mass is 10.1. The zero-order valence-electron chi connectivity index (χ0n) is 14.8. The molecule has 0 atom stereocenters. The number of allylic oxidation sites excluding steroid dienone is 1. The van der Waals surface area contributed by atoms with Gasteiger partial charge in [0.05, 0.1) is 5.57 Å². The number of hydrogen-bond donors (Lipinski definition) is 1. The van der Waals surface area contributed by atoms with Gasteiger partial charge in [-0.2, -0.15) is 20.2 Å². The minimum Gasteiger partial charge on any atom is -0.368 e. The number of anilines is 2. The Morgan fingerprint density at radius 2 is 2.04 bits per heavy atom. The zero-order chi connectivity index (χ0) is 17.9. The highest BCUT2D eigenvalue weighted by molar-refractivity contribution is 5.88. The van der Waals surface area contributed by atoms with Crippen molar-refractivity contribution in [3.8, 4) is 6.07 Å². The summed E-state index contributed by atoms with van der Waals surface area (Å²) in [6, 6.07) is 4.24. The summed E-state index contributed by atoms with van der Waals surface area (Å²) >= 11 is 0. The quantitative estimate of drug-likeness (QED) is 0.848. The van der Waals surface area contributed by atoms with Crippen LogP contribution >= 0.6 is 0 Å². The normalized spacial score (nSPS) is 11.4. The number of nitrogen functional groups attached to an aromatic ring is 1. The van der Waals surface area contributed by atoms with Crippen LogP contribution in [0.3, 0.4) is 0 Å². The SMILES string of the molecule is CCCn1c(C)cc(/C=C(\C#N)c2nc(N)nc(N(C)C)n2)c1C. The first-order valence-corrected chi connectivity index (χ1v) is 7.85. The molecule has 2 N–H and O–H groups in total. The summed E-state index contributed by atoms with van der Waals surface area (Å²) in [7, 11) is 3.62. The number of nitriles is 1. The van der Waals surface area contributed by atoms with Crippen LogP contribution in [0.15, 0.2) is 6.07 Å². The molecule has 0 saturated carbocycles. The molecule has 2 aromatic rings. The van der Waals surface area contributed by atoms with Gasteiger partial charge in [0.1, 0.15) is 6.07 Å². The van der Waals surface area contributed by atoms with Gasteiger partial charge < -0.3 is 15.2 Å². The van der Waals surface area contributed by atoms with E-state index in [2.05, 4.69) is 52.4 Å². The second-order valence-electron chi connectivity index (χ2n) is 5.86. The van der Waals surface area contributed by atoms with Gasteiger partial charge in [-0.25, -0.2) is 0 Å². The Hall–Kier alpha value is -2.88. The first-order chi connectivity index (χ1) is 11.4. The summed E-state index contributed by atoms with van der Waals surface area (Å²) in [6.07, 6.45) is 2.86. The number of nitrogens with zero attached hydrogens (tertiary/aromatic N) is 6. The van der Waals surface area contributed by atoms with E-state index >= 15 is 0 Å². The van der Waals surface area contributed by atoms with Gasteiger partial charge in [0.2, 0.25) is 11.9 Å². The van der Waals surface area contributed by atoms with Crippen LogP contribution in [0.4, 0.5) is 11.9 Å². The molecular weight excluding hydrogens is 302 g/mol. The van der Waals surface area contributed by atoms with Crippen LogP contribution < -0.4 is 10.6 Å². The predicted molar refractivity (Wildman–Crippen MR) is 96.2 cm³/mol. The minimum absolute atomic E-state index is 0.0984. The Kier molecular flexibility index (Phi) is 5.19. The summed E-state index contributed by atoms with van der Waals surface area (Å²) in [5.41, 5.74) is 9.40. The van der Waals surface area contributed by atoms with Gasteiger partial charge in [-0.3, -0.25) is 0 Å². The number of aryl methyl sites for hydroxylation is 1. The van der Waals surface area contributed by atoms with Gasteiger partial charge in [-0.15, -0.1) is 0 Å². The summed E-state index contributed by atoms with van der Waals surface area (Å²) in [5, 5.41) is 9.55. The summed E-state index contributed by atoms with van der Waals surface area (Å²) < 4.78 is 2.24. The Balaban J connectivity index is 2.52. The third kappa shape index (κ3) is 3.54. The maximum absolute atomic E-state index is 9.55. The molecule has 24 heavy (non-hydrogen) atoms. The molecule has 0 saturated heterocycles. The van der Waals surface area contributed by atoms with Crippen molar-refractivity contribution in [2.45, 2.75) is 33.7 Å². The molecule has 0 amide bonds. The average molecular weight is 325 g/mol. The first-order valence-electron chi connectivity index (χ1n) is 7.85. The Morgan fingerprint density at radius 1 is 1.33 bits per heavy atom. The average Bonchev–Trinajstić information content (AvgIpc) is 2.79. The predicted octanol–water partition coefficient (Wildman–Crippen LogP) is 2.41. The van der Waals surface area contributed by atoms with Crippen molar-refractivity contribution in [3.63, 3.8) is 0 Å². The van der Waals surface area contributed by atoms with E-state index in [9.17, 15) is 5.26 Å². The molecular formula is C17H23N7. The number of hydrogen-bond acceptors (Lipinski definition) is 6. The van der Waals surface area contributed by atoms with Gasteiger partial charge >= 0.3 is 0 Å². The van der Waals surface area contributed by atoms with E-state index in [-0.39, 0.29) is 11.8 Å². The highest BCUT2D eigenvalue weighted by Gasteiger charge is 2.13. The molecule has 2 aromatic heterocycles. The monoisotopic (exact) mass is 325 g/mol. The molecule has 0 aromatic carbocycles. The lowest BCUT2D eigenvalue weighted by Crippen LogP contribution is -2.15. The molecule has 0 unspecified atom stereocenters. The molecule has 0 aliphatic rings. The third-order valence-corrected chi connectivity index (χ3v) is 3.76. The van der Waals surface area contributed by atoms with E-state index in [1.807, 2.05) is 20.2 Å². The van der Waals surface area contributed by atoms with Crippen LogP contribution in [0, 0.1) is 25.2 Å². The highest BCUT2D eigenvalue weighted by Crippen LogP contribution is 2.22. The lowest BCUT2D eigenvalue weighted by Gasteiger charge is -2.11. The standard InChI is InChI=1S/C17H23N7/c1-6-7-24-11(2)8-13(12(24)3)9-14(10-18)15-20-16(19)22-17(21-15)23(4)5/h8-9H,6-7H2,1-5H3,(H2,19,20,21,22)/b14-9+. The number of rotatable bonds is 5. The van der Waals surface area contributed by atoms with Crippen LogP contribution in [0.1, 0.15) is 36.1 Å². The van der Waals surface area contributed by atoms with E-state index in [0.29, 0.717) is 11.5 Å². The number of nitrogens with two attached hydrogens (primary N) is 1. The number of aromatic nitrogens is 4. The van der Waals surface area contributed by atoms with Gasteiger partial charge in [0.25, 0.3) is 0 Å². The van der Waals surface area contributed by atoms with Crippen molar-refractivity contribution in [1.82, 2.24) is 19.5 Å². The molecule has 0 aliphatic heterocycles. The van der Waals surface area contributed by atoms with E-state index in [0.717, 1.165) is 24.2 Å². The topological polar surface area (TPSA) is 96.6 Å². The maximum Gasteiger partial charge on any atom is 0.230 e. The fourth-order valence-corrected chi connectivity index (χ4v) is 2.55. The van der Waals surface area contributed by atoms with Crippen molar-refractivity contribution in [2.75, 3.05) is 24.7 Å². The van der Waals surface area contributed by atoms with Crippen molar-refractivity contribution in [1.29, 1.82) is 5.26 Å². The van der Waals surface area contributed by atoms with Gasteiger partial charge in [-0.1, -0.05) is 6.92 Å². The van der Waals surface area contributed by atoms with Crippen molar-refractivity contribution in [3.05, 3.63) is 28.8 Å². The van der Waals surface area contributed by atoms with Crippen LogP contribution in [-0.4, -0.2) is 33.6 Å². The van der Waals surface area contributed by atoms with Crippen molar-refractivity contribution < 1.29 is 0 Å². The third-order valence-electron chi connectivity index (χ3n) is 3.76. The van der Waals surface area contributed by atoms with Crippen LogP contribution in [0.25, 0.3) is 11.6 Å². The van der Waals surface area contributed by atoms with Crippen LogP contribution in [0.5, 0.6) is 0 Å². The molecule has 2 heterocycles. The van der Waals surface area contributed by atoms with Crippen molar-refractivity contribution >= 4 is 23.5 Å².